The van der Waals surface area contributed by atoms with Crippen LogP contribution in [0.4, 0.5) is 0 Å². The maximum atomic E-state index is 11.9. The molecule has 1 saturated carbocycles. The number of carbonyl (C=O) groups excluding carboxylic acids is 2. The van der Waals surface area contributed by atoms with E-state index in [2.05, 4.69) is 0 Å². The SMILES string of the molecule is COC(=O)[C@@H]1CC(=O)N(C2CCCCCC2)C1. The van der Waals surface area contributed by atoms with E-state index < -0.39 is 0 Å². The number of rotatable bonds is 2. The Hall–Kier alpha value is -1.06. The van der Waals surface area contributed by atoms with Crippen LogP contribution in [0.2, 0.25) is 0 Å². The Morgan fingerprint density at radius 3 is 2.47 bits per heavy atom. The van der Waals surface area contributed by atoms with E-state index in [4.69, 9.17) is 4.74 Å². The summed E-state index contributed by atoms with van der Waals surface area (Å²) in [5, 5.41) is 0. The third-order valence-corrected chi connectivity index (χ3v) is 3.96. The Morgan fingerprint density at radius 2 is 1.88 bits per heavy atom. The molecule has 0 aromatic rings. The van der Waals surface area contributed by atoms with Crippen LogP contribution in [0.15, 0.2) is 0 Å². The largest absolute Gasteiger partial charge is 0.469 e. The second-order valence-corrected chi connectivity index (χ2v) is 5.12. The highest BCUT2D eigenvalue weighted by Gasteiger charge is 2.38. The van der Waals surface area contributed by atoms with E-state index in [0.29, 0.717) is 19.0 Å². The molecule has 0 radical (unpaired) electrons. The minimum absolute atomic E-state index is 0.132. The summed E-state index contributed by atoms with van der Waals surface area (Å²) < 4.78 is 4.72. The van der Waals surface area contributed by atoms with Crippen molar-refractivity contribution >= 4 is 11.9 Å². The van der Waals surface area contributed by atoms with E-state index in [0.717, 1.165) is 12.8 Å². The third kappa shape index (κ3) is 2.79. The van der Waals surface area contributed by atoms with Crippen molar-refractivity contribution in [3.8, 4) is 0 Å². The number of ether oxygens (including phenoxy) is 1. The molecule has 1 saturated heterocycles. The van der Waals surface area contributed by atoms with Crippen molar-refractivity contribution in [3.05, 3.63) is 0 Å². The second-order valence-electron chi connectivity index (χ2n) is 5.12. The second kappa shape index (κ2) is 5.52. The maximum Gasteiger partial charge on any atom is 0.310 e. The summed E-state index contributed by atoms with van der Waals surface area (Å²) in [6, 6.07) is 0.361. The van der Waals surface area contributed by atoms with E-state index in [1.54, 1.807) is 0 Å². The van der Waals surface area contributed by atoms with Crippen LogP contribution in [0.25, 0.3) is 0 Å². The molecule has 1 aliphatic carbocycles. The lowest BCUT2D eigenvalue weighted by Gasteiger charge is -2.26. The van der Waals surface area contributed by atoms with Crippen molar-refractivity contribution in [3.63, 3.8) is 0 Å². The molecule has 0 aromatic heterocycles. The van der Waals surface area contributed by atoms with Crippen molar-refractivity contribution in [2.75, 3.05) is 13.7 Å². The number of carbonyl (C=O) groups is 2. The fraction of sp³-hybridized carbons (Fsp3) is 0.846. The summed E-state index contributed by atoms with van der Waals surface area (Å²) in [5.74, 6) is -0.350. The number of hydrogen-bond acceptors (Lipinski definition) is 3. The Balaban J connectivity index is 1.96. The van der Waals surface area contributed by atoms with Crippen LogP contribution in [0.1, 0.15) is 44.9 Å². The van der Waals surface area contributed by atoms with Gasteiger partial charge in [-0.3, -0.25) is 9.59 Å². The van der Waals surface area contributed by atoms with Gasteiger partial charge in [-0.05, 0) is 12.8 Å². The molecule has 0 spiro atoms. The highest BCUT2D eigenvalue weighted by molar-refractivity contribution is 5.86. The molecule has 17 heavy (non-hydrogen) atoms. The summed E-state index contributed by atoms with van der Waals surface area (Å²) >= 11 is 0. The van der Waals surface area contributed by atoms with Gasteiger partial charge in [-0.25, -0.2) is 0 Å². The van der Waals surface area contributed by atoms with Crippen LogP contribution in [-0.2, 0) is 14.3 Å². The minimum atomic E-state index is -0.241. The Kier molecular flexibility index (Phi) is 4.02. The highest BCUT2D eigenvalue weighted by atomic mass is 16.5. The Bertz CT molecular complexity index is 295. The van der Waals surface area contributed by atoms with E-state index in [1.807, 2.05) is 4.90 Å². The summed E-state index contributed by atoms with van der Waals surface area (Å²) in [7, 11) is 1.39. The van der Waals surface area contributed by atoms with Crippen LogP contribution >= 0.6 is 0 Å². The van der Waals surface area contributed by atoms with Crippen molar-refractivity contribution < 1.29 is 14.3 Å². The number of esters is 1. The highest BCUT2D eigenvalue weighted by Crippen LogP contribution is 2.28. The van der Waals surface area contributed by atoms with Gasteiger partial charge < -0.3 is 9.64 Å². The molecule has 2 fully saturated rings. The molecule has 1 heterocycles. The van der Waals surface area contributed by atoms with Crippen LogP contribution in [-0.4, -0.2) is 36.5 Å². The van der Waals surface area contributed by atoms with Crippen LogP contribution in [0, 0.1) is 5.92 Å². The van der Waals surface area contributed by atoms with Gasteiger partial charge in [0.05, 0.1) is 13.0 Å². The van der Waals surface area contributed by atoms with Gasteiger partial charge in [-0.15, -0.1) is 0 Å². The zero-order chi connectivity index (χ0) is 12.3. The first-order valence-corrected chi connectivity index (χ1v) is 6.59. The monoisotopic (exact) mass is 239 g/mol. The Morgan fingerprint density at radius 1 is 1.24 bits per heavy atom. The van der Waals surface area contributed by atoms with Crippen LogP contribution in [0.3, 0.4) is 0 Å². The fourth-order valence-corrected chi connectivity index (χ4v) is 2.98. The standard InChI is InChI=1S/C13H21NO3/c1-17-13(16)10-8-12(15)14(9-10)11-6-4-2-3-5-7-11/h10-11H,2-9H2,1H3/t10-/m1/s1. The summed E-state index contributed by atoms with van der Waals surface area (Å²) in [6.45, 7) is 0.566. The number of nitrogens with zero attached hydrogens (tertiary/aromatic N) is 1. The van der Waals surface area contributed by atoms with Gasteiger partial charge in [-0.1, -0.05) is 25.7 Å². The molecular formula is C13H21NO3. The van der Waals surface area contributed by atoms with Crippen LogP contribution < -0.4 is 0 Å². The first-order chi connectivity index (χ1) is 8.22. The van der Waals surface area contributed by atoms with Gasteiger partial charge in [0.2, 0.25) is 5.91 Å². The number of likely N-dealkylation sites (tertiary alicyclic amines) is 1. The molecule has 1 aliphatic heterocycles. The van der Waals surface area contributed by atoms with Gasteiger partial charge in [0.25, 0.3) is 0 Å². The van der Waals surface area contributed by atoms with E-state index in [1.165, 1.54) is 32.8 Å². The molecule has 0 aromatic carbocycles. The van der Waals surface area contributed by atoms with Crippen molar-refractivity contribution in [2.24, 2.45) is 5.92 Å². The van der Waals surface area contributed by atoms with Gasteiger partial charge >= 0.3 is 5.97 Å². The average molecular weight is 239 g/mol. The van der Waals surface area contributed by atoms with E-state index in [-0.39, 0.29) is 17.8 Å². The lowest BCUT2D eigenvalue weighted by Crippen LogP contribution is -2.36. The number of hydrogen-bond donors (Lipinski definition) is 0. The molecule has 1 atom stereocenters. The third-order valence-electron chi connectivity index (χ3n) is 3.96. The number of methoxy groups -OCH3 is 1. The molecule has 0 unspecified atom stereocenters. The molecule has 0 bridgehead atoms. The van der Waals surface area contributed by atoms with E-state index >= 15 is 0 Å². The summed E-state index contributed by atoms with van der Waals surface area (Å²) in [6.07, 6.45) is 7.50. The predicted molar refractivity (Wildman–Crippen MR) is 63.3 cm³/mol. The molecule has 2 rings (SSSR count). The van der Waals surface area contributed by atoms with Gasteiger partial charge in [-0.2, -0.15) is 0 Å². The normalized spacial score (nSPS) is 27.0. The summed E-state index contributed by atoms with van der Waals surface area (Å²) in [4.78, 5) is 25.3. The Labute approximate surface area is 102 Å². The topological polar surface area (TPSA) is 46.6 Å². The zero-order valence-corrected chi connectivity index (χ0v) is 10.5. The predicted octanol–water partition coefficient (Wildman–Crippen LogP) is 1.73. The molecular weight excluding hydrogens is 218 g/mol. The molecule has 2 aliphatic rings. The summed E-state index contributed by atoms with van der Waals surface area (Å²) in [5.41, 5.74) is 0. The molecule has 1 amide bonds. The van der Waals surface area contributed by atoms with Crippen molar-refractivity contribution in [2.45, 2.75) is 51.0 Å². The van der Waals surface area contributed by atoms with Gasteiger partial charge in [0, 0.05) is 19.0 Å². The van der Waals surface area contributed by atoms with Gasteiger partial charge in [0.15, 0.2) is 0 Å². The average Bonchev–Trinajstić information content (AvgIpc) is 2.56. The molecule has 4 nitrogen and oxygen atoms in total. The number of amides is 1. The van der Waals surface area contributed by atoms with Crippen LogP contribution in [0.5, 0.6) is 0 Å². The molecule has 0 N–H and O–H groups in total. The van der Waals surface area contributed by atoms with E-state index in [9.17, 15) is 9.59 Å². The first-order valence-electron chi connectivity index (χ1n) is 6.59. The smallest absolute Gasteiger partial charge is 0.310 e. The van der Waals surface area contributed by atoms with Crippen molar-refractivity contribution in [1.29, 1.82) is 0 Å². The first kappa shape index (κ1) is 12.4. The fourth-order valence-electron chi connectivity index (χ4n) is 2.98. The lowest BCUT2D eigenvalue weighted by molar-refractivity contribution is -0.145. The zero-order valence-electron chi connectivity index (χ0n) is 10.5. The van der Waals surface area contributed by atoms with Crippen molar-refractivity contribution in [1.82, 2.24) is 4.90 Å². The minimum Gasteiger partial charge on any atom is -0.469 e. The molecule has 4 heteroatoms. The van der Waals surface area contributed by atoms with Gasteiger partial charge in [0.1, 0.15) is 0 Å². The molecule has 96 valence electrons. The lowest BCUT2D eigenvalue weighted by atomic mass is 10.1. The quantitative estimate of drug-likeness (QED) is 0.544. The maximum absolute atomic E-state index is 11.9.